The van der Waals surface area contributed by atoms with Crippen LogP contribution in [-0.4, -0.2) is 35.1 Å². The lowest BCUT2D eigenvalue weighted by Gasteiger charge is -2.16. The number of carbonyl (C=O) groups excluding carboxylic acids is 2. The van der Waals surface area contributed by atoms with Crippen LogP contribution >= 0.6 is 0 Å². The van der Waals surface area contributed by atoms with E-state index in [0.29, 0.717) is 25.9 Å². The Bertz CT molecular complexity index is 719. The summed E-state index contributed by atoms with van der Waals surface area (Å²) in [4.78, 5) is 26.1. The maximum atomic E-state index is 12.2. The molecule has 3 rings (SSSR count). The predicted octanol–water partition coefficient (Wildman–Crippen LogP) is 1.74. The summed E-state index contributed by atoms with van der Waals surface area (Å²) in [6.07, 6.45) is 0.788. The zero-order chi connectivity index (χ0) is 17.1. The number of rotatable bonds is 5. The summed E-state index contributed by atoms with van der Waals surface area (Å²) < 4.78 is 0. The molecule has 1 saturated heterocycles. The third-order valence-corrected chi connectivity index (χ3v) is 4.48. The van der Waals surface area contributed by atoms with Gasteiger partial charge in [0.1, 0.15) is 0 Å². The average molecular weight is 326 g/mol. The van der Waals surface area contributed by atoms with Gasteiger partial charge in [-0.25, -0.2) is 0 Å². The van der Waals surface area contributed by atoms with Crippen LogP contribution < -0.4 is 10.2 Å². The van der Waals surface area contributed by atoms with Gasteiger partial charge in [0.2, 0.25) is 11.8 Å². The SMILES string of the molecule is Cc1n[nH]c(C)c1CC(=O)NCC1CC(=O)N(c2ccccc2)C1. The van der Waals surface area contributed by atoms with Gasteiger partial charge in [-0.1, -0.05) is 18.2 Å². The molecule has 0 saturated carbocycles. The van der Waals surface area contributed by atoms with Gasteiger partial charge in [-0.3, -0.25) is 14.7 Å². The first kappa shape index (κ1) is 16.2. The Morgan fingerprint density at radius 1 is 1.33 bits per heavy atom. The number of para-hydroxylation sites is 1. The number of amides is 2. The topological polar surface area (TPSA) is 78.1 Å². The summed E-state index contributed by atoms with van der Waals surface area (Å²) >= 11 is 0. The number of aromatic amines is 1. The zero-order valence-corrected chi connectivity index (χ0v) is 14.0. The number of carbonyl (C=O) groups is 2. The standard InChI is InChI=1S/C18H22N4O2/c1-12-16(13(2)21-20-12)9-17(23)19-10-14-8-18(24)22(11-14)15-6-4-3-5-7-15/h3-7,14H,8-11H2,1-2H3,(H,19,23)(H,20,21). The lowest BCUT2D eigenvalue weighted by atomic mass is 10.1. The van der Waals surface area contributed by atoms with Gasteiger partial charge in [0.05, 0.1) is 12.1 Å². The number of anilines is 1. The fourth-order valence-corrected chi connectivity index (χ4v) is 3.09. The molecule has 2 N–H and O–H groups in total. The number of nitrogens with one attached hydrogen (secondary N) is 2. The van der Waals surface area contributed by atoms with E-state index in [0.717, 1.165) is 22.6 Å². The highest BCUT2D eigenvalue weighted by Crippen LogP contribution is 2.24. The second-order valence-corrected chi connectivity index (χ2v) is 6.30. The normalized spacial score (nSPS) is 17.3. The summed E-state index contributed by atoms with van der Waals surface area (Å²) in [5, 5.41) is 9.94. The van der Waals surface area contributed by atoms with Gasteiger partial charge in [-0.2, -0.15) is 5.10 Å². The lowest BCUT2D eigenvalue weighted by molar-refractivity contribution is -0.121. The largest absolute Gasteiger partial charge is 0.355 e. The highest BCUT2D eigenvalue weighted by molar-refractivity contribution is 5.95. The van der Waals surface area contributed by atoms with Gasteiger partial charge in [0.15, 0.2) is 0 Å². The molecule has 1 aromatic heterocycles. The minimum atomic E-state index is -0.0341. The third-order valence-electron chi connectivity index (χ3n) is 4.48. The van der Waals surface area contributed by atoms with Gasteiger partial charge in [-0.05, 0) is 26.0 Å². The van der Waals surface area contributed by atoms with Gasteiger partial charge in [0.25, 0.3) is 0 Å². The summed E-state index contributed by atoms with van der Waals surface area (Å²) in [5.41, 5.74) is 3.64. The fraction of sp³-hybridized carbons (Fsp3) is 0.389. The van der Waals surface area contributed by atoms with E-state index in [1.165, 1.54) is 0 Å². The number of hydrogen-bond donors (Lipinski definition) is 2. The monoisotopic (exact) mass is 326 g/mol. The number of nitrogens with zero attached hydrogens (tertiary/aromatic N) is 2. The van der Waals surface area contributed by atoms with Crippen molar-refractivity contribution in [3.63, 3.8) is 0 Å². The van der Waals surface area contributed by atoms with Crippen molar-refractivity contribution in [2.24, 2.45) is 5.92 Å². The van der Waals surface area contributed by atoms with Gasteiger partial charge >= 0.3 is 0 Å². The molecule has 1 aliphatic heterocycles. The van der Waals surface area contributed by atoms with E-state index in [4.69, 9.17) is 0 Å². The van der Waals surface area contributed by atoms with Crippen molar-refractivity contribution < 1.29 is 9.59 Å². The Morgan fingerprint density at radius 3 is 2.75 bits per heavy atom. The second kappa shape index (κ2) is 6.86. The molecule has 6 heteroatoms. The molecular weight excluding hydrogens is 304 g/mol. The van der Waals surface area contributed by atoms with Crippen molar-refractivity contribution in [3.05, 3.63) is 47.3 Å². The van der Waals surface area contributed by atoms with E-state index in [9.17, 15) is 9.59 Å². The molecule has 0 bridgehead atoms. The van der Waals surface area contributed by atoms with Crippen molar-refractivity contribution in [2.45, 2.75) is 26.7 Å². The minimum Gasteiger partial charge on any atom is -0.355 e. The second-order valence-electron chi connectivity index (χ2n) is 6.30. The molecule has 1 fully saturated rings. The highest BCUT2D eigenvalue weighted by Gasteiger charge is 2.30. The van der Waals surface area contributed by atoms with Crippen LogP contribution in [-0.2, 0) is 16.0 Å². The Morgan fingerprint density at radius 2 is 2.08 bits per heavy atom. The number of H-pyrrole nitrogens is 1. The lowest BCUT2D eigenvalue weighted by Crippen LogP contribution is -2.32. The molecule has 6 nitrogen and oxygen atoms in total. The predicted molar refractivity (Wildman–Crippen MR) is 91.7 cm³/mol. The van der Waals surface area contributed by atoms with Crippen LogP contribution in [0.25, 0.3) is 0 Å². The smallest absolute Gasteiger partial charge is 0.227 e. The number of aromatic nitrogens is 2. The van der Waals surface area contributed by atoms with Gasteiger partial charge < -0.3 is 10.2 Å². The first-order chi connectivity index (χ1) is 11.5. The Kier molecular flexibility index (Phi) is 4.64. The van der Waals surface area contributed by atoms with Crippen LogP contribution in [0.4, 0.5) is 5.69 Å². The van der Waals surface area contributed by atoms with E-state index in [2.05, 4.69) is 15.5 Å². The maximum Gasteiger partial charge on any atom is 0.227 e. The van der Waals surface area contributed by atoms with Crippen LogP contribution in [0.1, 0.15) is 23.4 Å². The maximum absolute atomic E-state index is 12.2. The van der Waals surface area contributed by atoms with Crippen LogP contribution in [0.5, 0.6) is 0 Å². The number of hydrogen-bond acceptors (Lipinski definition) is 3. The van der Waals surface area contributed by atoms with Crippen LogP contribution in [0.15, 0.2) is 30.3 Å². The average Bonchev–Trinajstić information content (AvgIpc) is 3.11. The van der Waals surface area contributed by atoms with Crippen molar-refractivity contribution in [2.75, 3.05) is 18.0 Å². The van der Waals surface area contributed by atoms with Crippen LogP contribution in [0.3, 0.4) is 0 Å². The molecule has 0 spiro atoms. The van der Waals surface area contributed by atoms with Crippen molar-refractivity contribution in [1.29, 1.82) is 0 Å². The Hall–Kier alpha value is -2.63. The molecule has 1 unspecified atom stereocenters. The zero-order valence-electron chi connectivity index (χ0n) is 14.0. The van der Waals surface area contributed by atoms with Crippen molar-refractivity contribution in [3.8, 4) is 0 Å². The fourth-order valence-electron chi connectivity index (χ4n) is 3.09. The Balaban J connectivity index is 1.52. The van der Waals surface area contributed by atoms with E-state index in [1.54, 1.807) is 4.90 Å². The number of aryl methyl sites for hydroxylation is 2. The molecule has 1 aromatic carbocycles. The number of benzene rings is 1. The van der Waals surface area contributed by atoms with E-state index in [1.807, 2.05) is 44.2 Å². The quantitative estimate of drug-likeness (QED) is 0.878. The van der Waals surface area contributed by atoms with Gasteiger partial charge in [-0.15, -0.1) is 0 Å². The molecule has 24 heavy (non-hydrogen) atoms. The molecule has 2 aromatic rings. The van der Waals surface area contributed by atoms with Gasteiger partial charge in [0, 0.05) is 42.4 Å². The summed E-state index contributed by atoms with van der Waals surface area (Å²) in [6.45, 7) is 4.96. The minimum absolute atomic E-state index is 0.0341. The van der Waals surface area contributed by atoms with Crippen molar-refractivity contribution >= 4 is 17.5 Å². The van der Waals surface area contributed by atoms with Crippen LogP contribution in [0.2, 0.25) is 0 Å². The van der Waals surface area contributed by atoms with E-state index >= 15 is 0 Å². The van der Waals surface area contributed by atoms with E-state index < -0.39 is 0 Å². The van der Waals surface area contributed by atoms with Crippen LogP contribution in [0, 0.1) is 19.8 Å². The first-order valence-corrected chi connectivity index (χ1v) is 8.17. The molecule has 1 atom stereocenters. The van der Waals surface area contributed by atoms with Crippen molar-refractivity contribution in [1.82, 2.24) is 15.5 Å². The summed E-state index contributed by atoms with van der Waals surface area (Å²) in [7, 11) is 0. The molecule has 126 valence electrons. The summed E-state index contributed by atoms with van der Waals surface area (Å²) in [5.74, 6) is 0.225. The first-order valence-electron chi connectivity index (χ1n) is 8.17. The third kappa shape index (κ3) is 3.48. The Labute approximate surface area is 141 Å². The summed E-state index contributed by atoms with van der Waals surface area (Å²) in [6, 6.07) is 9.65. The molecule has 2 amide bonds. The molecule has 2 heterocycles. The molecular formula is C18H22N4O2. The molecule has 0 radical (unpaired) electrons. The van der Waals surface area contributed by atoms with E-state index in [-0.39, 0.29) is 17.7 Å². The molecule has 1 aliphatic rings. The molecule has 0 aliphatic carbocycles. The highest BCUT2D eigenvalue weighted by atomic mass is 16.2.